The first-order valence-corrected chi connectivity index (χ1v) is 11.2. The van der Waals surface area contributed by atoms with Gasteiger partial charge in [-0.15, -0.1) is 0 Å². The first-order chi connectivity index (χ1) is 16.5. The molecule has 0 bridgehead atoms. The van der Waals surface area contributed by atoms with Gasteiger partial charge < -0.3 is 16.0 Å². The molecule has 10 nitrogen and oxygen atoms in total. The number of alkyl halides is 1. The number of nitrogens with zero attached hydrogens (tertiary/aromatic N) is 6. The number of hydrogen-bond donors (Lipinski definition) is 3. The maximum absolute atomic E-state index is 14.5. The summed E-state index contributed by atoms with van der Waals surface area (Å²) in [6, 6.07) is 3.83. The van der Waals surface area contributed by atoms with E-state index in [1.54, 1.807) is 0 Å². The second-order valence-electron chi connectivity index (χ2n) is 9.91. The molecule has 4 rings (SSSR count). The van der Waals surface area contributed by atoms with Crippen LogP contribution in [-0.4, -0.2) is 53.6 Å². The second-order valence-corrected chi connectivity index (χ2v) is 9.91. The molecule has 0 radical (unpaired) electrons. The van der Waals surface area contributed by atoms with Crippen molar-refractivity contribution >= 4 is 17.5 Å². The summed E-state index contributed by atoms with van der Waals surface area (Å²) in [6.07, 6.45) is 2.58. The summed E-state index contributed by atoms with van der Waals surface area (Å²) < 4.78 is 43.1. The standard InChI is InChI=1S/C22H28F3N9O/c1-21(2)10-14(11-22(3,4)30-21)27-18-16(25)12-26-19(29-18)28-13-5-6-15(24)17(9-13)34-20(35)33(8-7-23)31-32-34/h5-6,9,12,14,30H,7-8,10-11H2,1-4H3,(H2,26,27,28,29). The lowest BCUT2D eigenvalue weighted by Gasteiger charge is -2.46. The van der Waals surface area contributed by atoms with Crippen LogP contribution in [0, 0.1) is 11.6 Å². The largest absolute Gasteiger partial charge is 0.368 e. The highest BCUT2D eigenvalue weighted by Crippen LogP contribution is 2.31. The highest BCUT2D eigenvalue weighted by atomic mass is 19.1. The lowest BCUT2D eigenvalue weighted by Crippen LogP contribution is -2.60. The Kier molecular flexibility index (Phi) is 6.54. The Labute approximate surface area is 199 Å². The number of aromatic nitrogens is 6. The van der Waals surface area contributed by atoms with Crippen LogP contribution in [0.1, 0.15) is 40.5 Å². The van der Waals surface area contributed by atoms with Crippen LogP contribution in [0.2, 0.25) is 0 Å². The Morgan fingerprint density at radius 2 is 1.83 bits per heavy atom. The molecule has 1 aliphatic heterocycles. The van der Waals surface area contributed by atoms with Crippen molar-refractivity contribution in [3.63, 3.8) is 0 Å². The zero-order chi connectivity index (χ0) is 25.4. The van der Waals surface area contributed by atoms with Crippen LogP contribution in [0.4, 0.5) is 30.6 Å². The third-order valence-corrected chi connectivity index (χ3v) is 5.64. The molecule has 35 heavy (non-hydrogen) atoms. The first-order valence-electron chi connectivity index (χ1n) is 11.2. The van der Waals surface area contributed by atoms with E-state index in [4.69, 9.17) is 0 Å². The molecule has 3 heterocycles. The molecule has 3 N–H and O–H groups in total. The van der Waals surface area contributed by atoms with Gasteiger partial charge in [0.15, 0.2) is 11.6 Å². The first kappa shape index (κ1) is 24.6. The molecule has 3 aromatic rings. The Hall–Kier alpha value is -3.48. The number of nitrogens with one attached hydrogen (secondary N) is 3. The number of benzene rings is 1. The molecule has 0 saturated carbocycles. The van der Waals surface area contributed by atoms with Crippen LogP contribution in [0.25, 0.3) is 5.69 Å². The molecule has 188 valence electrons. The maximum Gasteiger partial charge on any atom is 0.368 e. The van der Waals surface area contributed by atoms with Crippen LogP contribution in [0.3, 0.4) is 0 Å². The fourth-order valence-corrected chi connectivity index (χ4v) is 4.67. The van der Waals surface area contributed by atoms with Gasteiger partial charge in [0.25, 0.3) is 0 Å². The zero-order valence-corrected chi connectivity index (χ0v) is 19.9. The van der Waals surface area contributed by atoms with E-state index in [2.05, 4.69) is 64.0 Å². The van der Waals surface area contributed by atoms with E-state index in [9.17, 15) is 18.0 Å². The van der Waals surface area contributed by atoms with E-state index in [0.717, 1.165) is 34.5 Å². The van der Waals surface area contributed by atoms with Crippen molar-refractivity contribution in [1.82, 2.24) is 35.1 Å². The molecule has 0 unspecified atom stereocenters. The second kappa shape index (κ2) is 9.29. The highest BCUT2D eigenvalue weighted by Gasteiger charge is 2.38. The summed E-state index contributed by atoms with van der Waals surface area (Å²) in [6.45, 7) is 7.29. The summed E-state index contributed by atoms with van der Waals surface area (Å²) >= 11 is 0. The lowest BCUT2D eigenvalue weighted by molar-refractivity contribution is 0.170. The number of halogens is 3. The summed E-state index contributed by atoms with van der Waals surface area (Å²) in [4.78, 5) is 20.5. The van der Waals surface area contributed by atoms with Gasteiger partial charge in [-0.25, -0.2) is 22.9 Å². The fraction of sp³-hybridized carbons (Fsp3) is 0.500. The minimum atomic E-state index is -0.812. The SMILES string of the molecule is CC1(C)CC(Nc2nc(Nc3ccc(F)c(-n4nnn(CCF)c4=O)c3)ncc2F)CC(C)(C)N1. The van der Waals surface area contributed by atoms with Crippen LogP contribution < -0.4 is 21.6 Å². The average Bonchev–Trinajstić information content (AvgIpc) is 3.10. The molecule has 2 aromatic heterocycles. The van der Waals surface area contributed by atoms with Crippen molar-refractivity contribution in [1.29, 1.82) is 0 Å². The van der Waals surface area contributed by atoms with E-state index in [1.165, 1.54) is 12.1 Å². The molecule has 13 heteroatoms. The molecule has 0 aliphatic carbocycles. The van der Waals surface area contributed by atoms with E-state index < -0.39 is 24.0 Å². The normalized spacial score (nSPS) is 17.3. The lowest BCUT2D eigenvalue weighted by atomic mass is 9.79. The molecule has 1 fully saturated rings. The summed E-state index contributed by atoms with van der Waals surface area (Å²) in [7, 11) is 0. The number of hydrogen-bond acceptors (Lipinski definition) is 8. The molecule has 1 saturated heterocycles. The smallest absolute Gasteiger partial charge is 0.365 e. The predicted octanol–water partition coefficient (Wildman–Crippen LogP) is 2.93. The van der Waals surface area contributed by atoms with Crippen LogP contribution >= 0.6 is 0 Å². The number of piperidine rings is 1. The van der Waals surface area contributed by atoms with Crippen molar-refractivity contribution in [2.24, 2.45) is 0 Å². The fourth-order valence-electron chi connectivity index (χ4n) is 4.67. The Bertz CT molecular complexity index is 1260. The highest BCUT2D eigenvalue weighted by molar-refractivity contribution is 5.59. The van der Waals surface area contributed by atoms with Gasteiger partial charge in [0.1, 0.15) is 18.2 Å². The predicted molar refractivity (Wildman–Crippen MR) is 125 cm³/mol. The molecule has 1 aliphatic rings. The van der Waals surface area contributed by atoms with Gasteiger partial charge in [0, 0.05) is 22.8 Å². The molecule has 1 aromatic carbocycles. The zero-order valence-electron chi connectivity index (χ0n) is 19.9. The van der Waals surface area contributed by atoms with Gasteiger partial charge in [0.05, 0.1) is 12.7 Å². The van der Waals surface area contributed by atoms with Crippen molar-refractivity contribution < 1.29 is 13.2 Å². The van der Waals surface area contributed by atoms with E-state index in [0.29, 0.717) is 5.69 Å². The van der Waals surface area contributed by atoms with Crippen molar-refractivity contribution in [2.75, 3.05) is 17.3 Å². The number of anilines is 3. The van der Waals surface area contributed by atoms with Gasteiger partial charge in [-0.05, 0) is 69.2 Å². The third kappa shape index (κ3) is 5.61. The Morgan fingerprint density at radius 3 is 2.51 bits per heavy atom. The van der Waals surface area contributed by atoms with Gasteiger partial charge in [0.2, 0.25) is 5.95 Å². The third-order valence-electron chi connectivity index (χ3n) is 5.64. The number of aryl methyl sites for hydroxylation is 1. The number of rotatable bonds is 7. The monoisotopic (exact) mass is 491 g/mol. The molecule has 0 atom stereocenters. The van der Waals surface area contributed by atoms with Crippen molar-refractivity contribution in [2.45, 2.75) is 64.2 Å². The summed E-state index contributed by atoms with van der Waals surface area (Å²) in [5.41, 5.74) is -0.923. The van der Waals surface area contributed by atoms with E-state index >= 15 is 0 Å². The van der Waals surface area contributed by atoms with E-state index in [1.807, 2.05) is 0 Å². The molecular formula is C22H28F3N9O. The molecule has 0 spiro atoms. The van der Waals surface area contributed by atoms with Gasteiger partial charge in [-0.2, -0.15) is 14.3 Å². The Balaban J connectivity index is 1.56. The van der Waals surface area contributed by atoms with Gasteiger partial charge in [-0.1, -0.05) is 0 Å². The quantitative estimate of drug-likeness (QED) is 0.462. The van der Waals surface area contributed by atoms with Crippen molar-refractivity contribution in [3.05, 3.63) is 46.5 Å². The van der Waals surface area contributed by atoms with Gasteiger partial charge in [-0.3, -0.25) is 0 Å². The van der Waals surface area contributed by atoms with E-state index in [-0.39, 0.29) is 41.1 Å². The molecular weight excluding hydrogens is 463 g/mol. The Morgan fingerprint density at radius 1 is 1.11 bits per heavy atom. The topological polar surface area (TPSA) is 115 Å². The van der Waals surface area contributed by atoms with Crippen LogP contribution in [0.5, 0.6) is 0 Å². The van der Waals surface area contributed by atoms with Crippen molar-refractivity contribution in [3.8, 4) is 5.69 Å². The molecule has 0 amide bonds. The van der Waals surface area contributed by atoms with Gasteiger partial charge >= 0.3 is 5.69 Å². The minimum absolute atomic E-state index is 0.0188. The summed E-state index contributed by atoms with van der Waals surface area (Å²) in [5.74, 6) is -1.20. The maximum atomic E-state index is 14.5. The minimum Gasteiger partial charge on any atom is -0.365 e. The van der Waals surface area contributed by atoms with Crippen LogP contribution in [-0.2, 0) is 6.54 Å². The van der Waals surface area contributed by atoms with Crippen LogP contribution in [0.15, 0.2) is 29.2 Å². The average molecular weight is 492 g/mol. The number of tetrazole rings is 1. The summed E-state index contributed by atoms with van der Waals surface area (Å²) in [5, 5.41) is 16.8.